The van der Waals surface area contributed by atoms with Crippen LogP contribution in [-0.2, 0) is 14.4 Å². The normalized spacial score (nSPS) is 12.9. The molecule has 0 saturated carbocycles. The van der Waals surface area contributed by atoms with Gasteiger partial charge in [-0.2, -0.15) is 5.10 Å². The van der Waals surface area contributed by atoms with Crippen molar-refractivity contribution in [2.24, 2.45) is 0 Å². The summed E-state index contributed by atoms with van der Waals surface area (Å²) >= 11 is 1.45. The number of anilines is 2. The van der Waals surface area contributed by atoms with E-state index < -0.39 is 5.91 Å². The molecule has 2 aromatic carbocycles. The van der Waals surface area contributed by atoms with Crippen molar-refractivity contribution in [1.29, 1.82) is 0 Å². The van der Waals surface area contributed by atoms with Gasteiger partial charge in [0, 0.05) is 10.6 Å². The highest BCUT2D eigenvalue weighted by Crippen LogP contribution is 2.34. The second-order valence-electron chi connectivity index (χ2n) is 6.45. The van der Waals surface area contributed by atoms with Crippen molar-refractivity contribution in [2.45, 2.75) is 4.90 Å². The second kappa shape index (κ2) is 8.78. The first-order valence-electron chi connectivity index (χ1n) is 9.14. The third-order valence-electron chi connectivity index (χ3n) is 4.39. The van der Waals surface area contributed by atoms with Crippen LogP contribution in [0.5, 0.6) is 0 Å². The van der Waals surface area contributed by atoms with E-state index in [1.165, 1.54) is 23.0 Å². The highest BCUT2D eigenvalue weighted by molar-refractivity contribution is 8.00. The standard InChI is InChI=1S/C20H18N6O3S/c27-18(24-14-5-7-15(8-6-14)26-13-21-12-23-26)9-22-19(28)10-25-16-3-1-2-4-17(16)30-11-20(25)29/h1-8,12-13H,9-11H2,(H,22,28)(H,24,27). The Morgan fingerprint density at radius 3 is 2.63 bits per heavy atom. The summed E-state index contributed by atoms with van der Waals surface area (Å²) in [6.45, 7) is -0.321. The Morgan fingerprint density at radius 1 is 1.07 bits per heavy atom. The average molecular weight is 422 g/mol. The van der Waals surface area contributed by atoms with Gasteiger partial charge in [0.2, 0.25) is 17.7 Å². The lowest BCUT2D eigenvalue weighted by Crippen LogP contribution is -2.44. The summed E-state index contributed by atoms with van der Waals surface area (Å²) in [6.07, 6.45) is 3.01. The van der Waals surface area contributed by atoms with E-state index >= 15 is 0 Å². The van der Waals surface area contributed by atoms with E-state index in [4.69, 9.17) is 0 Å². The first kappa shape index (κ1) is 19.6. The van der Waals surface area contributed by atoms with Gasteiger partial charge in [0.25, 0.3) is 0 Å². The predicted octanol–water partition coefficient (Wildman–Crippen LogP) is 1.46. The van der Waals surface area contributed by atoms with Gasteiger partial charge in [-0.25, -0.2) is 9.67 Å². The van der Waals surface area contributed by atoms with Crippen molar-refractivity contribution in [2.75, 3.05) is 29.1 Å². The molecule has 2 N–H and O–H groups in total. The number of aromatic nitrogens is 3. The number of thioether (sulfide) groups is 1. The molecule has 0 spiro atoms. The van der Waals surface area contributed by atoms with Gasteiger partial charge in [-0.1, -0.05) is 12.1 Å². The van der Waals surface area contributed by atoms with Crippen LogP contribution in [0.15, 0.2) is 66.1 Å². The number of para-hydroxylation sites is 1. The Morgan fingerprint density at radius 2 is 1.87 bits per heavy atom. The highest BCUT2D eigenvalue weighted by Gasteiger charge is 2.26. The first-order valence-corrected chi connectivity index (χ1v) is 10.1. The molecular weight excluding hydrogens is 404 g/mol. The number of carbonyl (C=O) groups is 3. The van der Waals surface area contributed by atoms with Crippen LogP contribution in [0.4, 0.5) is 11.4 Å². The molecule has 30 heavy (non-hydrogen) atoms. The largest absolute Gasteiger partial charge is 0.345 e. The van der Waals surface area contributed by atoms with Crippen molar-refractivity contribution in [3.05, 3.63) is 61.2 Å². The average Bonchev–Trinajstić information content (AvgIpc) is 3.30. The van der Waals surface area contributed by atoms with E-state index in [0.29, 0.717) is 11.4 Å². The van der Waals surface area contributed by atoms with Crippen LogP contribution in [0, 0.1) is 0 Å². The molecule has 3 amide bonds. The number of rotatable bonds is 6. The molecule has 1 aliphatic heterocycles. The molecule has 4 rings (SSSR count). The van der Waals surface area contributed by atoms with Crippen molar-refractivity contribution in [3.8, 4) is 5.69 Å². The summed E-state index contributed by atoms with van der Waals surface area (Å²) in [5.74, 6) is -0.611. The number of hydrogen-bond donors (Lipinski definition) is 2. The third kappa shape index (κ3) is 4.49. The molecule has 0 radical (unpaired) electrons. The van der Waals surface area contributed by atoms with Crippen LogP contribution in [0.1, 0.15) is 0 Å². The maximum absolute atomic E-state index is 12.3. The van der Waals surface area contributed by atoms with Gasteiger partial charge in [0.1, 0.15) is 19.2 Å². The van der Waals surface area contributed by atoms with Crippen LogP contribution >= 0.6 is 11.8 Å². The molecule has 0 aliphatic carbocycles. The molecular formula is C20H18N6O3S. The van der Waals surface area contributed by atoms with E-state index in [-0.39, 0.29) is 30.7 Å². The summed E-state index contributed by atoms with van der Waals surface area (Å²) in [4.78, 5) is 42.9. The molecule has 9 nitrogen and oxygen atoms in total. The topological polar surface area (TPSA) is 109 Å². The Balaban J connectivity index is 1.29. The Labute approximate surface area is 176 Å². The van der Waals surface area contributed by atoms with Crippen LogP contribution in [0.3, 0.4) is 0 Å². The fourth-order valence-corrected chi connectivity index (χ4v) is 3.89. The van der Waals surface area contributed by atoms with Crippen LogP contribution in [0.2, 0.25) is 0 Å². The summed E-state index contributed by atoms with van der Waals surface area (Å²) in [6, 6.07) is 14.5. The first-order chi connectivity index (χ1) is 14.6. The van der Waals surface area contributed by atoms with Crippen LogP contribution in [0.25, 0.3) is 5.69 Å². The molecule has 3 aromatic rings. The SMILES string of the molecule is O=C(CN1C(=O)CSc2ccccc21)NCC(=O)Nc1ccc(-n2cncn2)cc1. The number of benzene rings is 2. The van der Waals surface area contributed by atoms with Crippen molar-refractivity contribution in [3.63, 3.8) is 0 Å². The summed E-state index contributed by atoms with van der Waals surface area (Å²) in [5, 5.41) is 9.31. The number of nitrogens with zero attached hydrogens (tertiary/aromatic N) is 4. The fourth-order valence-electron chi connectivity index (χ4n) is 2.95. The molecule has 0 unspecified atom stereocenters. The lowest BCUT2D eigenvalue weighted by molar-refractivity contribution is -0.124. The zero-order valence-electron chi connectivity index (χ0n) is 15.8. The quantitative estimate of drug-likeness (QED) is 0.623. The van der Waals surface area contributed by atoms with Crippen LogP contribution in [-0.4, -0.2) is 51.3 Å². The van der Waals surface area contributed by atoms with E-state index in [1.807, 2.05) is 24.3 Å². The fraction of sp³-hybridized carbons (Fsp3) is 0.150. The lowest BCUT2D eigenvalue weighted by Gasteiger charge is -2.28. The lowest BCUT2D eigenvalue weighted by atomic mass is 10.2. The molecule has 1 aliphatic rings. The minimum absolute atomic E-state index is 0.129. The maximum atomic E-state index is 12.3. The molecule has 2 heterocycles. The van der Waals surface area contributed by atoms with E-state index in [9.17, 15) is 14.4 Å². The maximum Gasteiger partial charge on any atom is 0.243 e. The van der Waals surface area contributed by atoms with Crippen molar-refractivity contribution >= 4 is 40.9 Å². The number of fused-ring (bicyclic) bond motifs is 1. The van der Waals surface area contributed by atoms with Gasteiger partial charge in [-0.05, 0) is 36.4 Å². The zero-order chi connectivity index (χ0) is 20.9. The number of nitrogens with one attached hydrogen (secondary N) is 2. The summed E-state index contributed by atoms with van der Waals surface area (Å²) in [7, 11) is 0. The van der Waals surface area contributed by atoms with E-state index in [1.54, 1.807) is 35.3 Å². The molecule has 0 bridgehead atoms. The highest BCUT2D eigenvalue weighted by atomic mass is 32.2. The number of hydrogen-bond acceptors (Lipinski definition) is 6. The molecule has 0 saturated heterocycles. The van der Waals surface area contributed by atoms with Gasteiger partial charge >= 0.3 is 0 Å². The van der Waals surface area contributed by atoms with Crippen molar-refractivity contribution in [1.82, 2.24) is 20.1 Å². The molecule has 0 fully saturated rings. The molecule has 152 valence electrons. The van der Waals surface area contributed by atoms with Gasteiger partial charge < -0.3 is 15.5 Å². The van der Waals surface area contributed by atoms with E-state index in [0.717, 1.165) is 10.6 Å². The second-order valence-corrected chi connectivity index (χ2v) is 7.47. The summed E-state index contributed by atoms with van der Waals surface area (Å²) in [5.41, 5.74) is 2.12. The van der Waals surface area contributed by atoms with E-state index in [2.05, 4.69) is 20.7 Å². The minimum Gasteiger partial charge on any atom is -0.345 e. The zero-order valence-corrected chi connectivity index (χ0v) is 16.6. The predicted molar refractivity (Wildman–Crippen MR) is 113 cm³/mol. The van der Waals surface area contributed by atoms with Gasteiger partial charge in [-0.3, -0.25) is 14.4 Å². The van der Waals surface area contributed by atoms with Crippen molar-refractivity contribution < 1.29 is 14.4 Å². The Bertz CT molecular complexity index is 1070. The van der Waals surface area contributed by atoms with Gasteiger partial charge in [0.05, 0.1) is 23.7 Å². The monoisotopic (exact) mass is 422 g/mol. The molecule has 1 aromatic heterocycles. The summed E-state index contributed by atoms with van der Waals surface area (Å²) < 4.78 is 1.60. The smallest absolute Gasteiger partial charge is 0.243 e. The molecule has 0 atom stereocenters. The van der Waals surface area contributed by atoms with Crippen LogP contribution < -0.4 is 15.5 Å². The Kier molecular flexibility index (Phi) is 5.75. The van der Waals surface area contributed by atoms with Gasteiger partial charge in [0.15, 0.2) is 0 Å². The van der Waals surface area contributed by atoms with Gasteiger partial charge in [-0.15, -0.1) is 11.8 Å². The number of amides is 3. The third-order valence-corrected chi connectivity index (χ3v) is 5.44. The molecule has 10 heteroatoms. The Hall–Kier alpha value is -3.66. The minimum atomic E-state index is -0.401. The number of carbonyl (C=O) groups excluding carboxylic acids is 3.